The summed E-state index contributed by atoms with van der Waals surface area (Å²) in [6.07, 6.45) is 1.20. The van der Waals surface area contributed by atoms with Gasteiger partial charge in [-0.2, -0.15) is 0 Å². The Kier molecular flexibility index (Phi) is 4.98. The molecule has 4 nitrogen and oxygen atoms in total. The van der Waals surface area contributed by atoms with Crippen LogP contribution in [0.15, 0.2) is 46.8 Å². The lowest BCUT2D eigenvalue weighted by molar-refractivity contribution is -0.138. The first-order chi connectivity index (χ1) is 12.2. The smallest absolute Gasteiger partial charge is 0.336 e. The van der Waals surface area contributed by atoms with Crippen LogP contribution in [0.2, 0.25) is 5.02 Å². The molecule has 1 heterocycles. The Morgan fingerprint density at radius 3 is 2.65 bits per heavy atom. The molecule has 0 aromatic heterocycles. The fourth-order valence-electron chi connectivity index (χ4n) is 3.94. The maximum atomic E-state index is 13.1. The van der Waals surface area contributed by atoms with Crippen LogP contribution in [-0.4, -0.2) is 18.4 Å². The van der Waals surface area contributed by atoms with E-state index < -0.39 is 11.9 Å². The fraction of sp³-hybridized carbons (Fsp3) is 0.429. The van der Waals surface area contributed by atoms with Crippen LogP contribution in [-0.2, 0) is 14.3 Å². The number of allylic oxidation sites excluding steroid dienone is 3. The first-order valence-electron chi connectivity index (χ1n) is 8.90. The topological polar surface area (TPSA) is 55.4 Å². The number of nitrogens with one attached hydrogen (secondary N) is 1. The lowest BCUT2D eigenvalue weighted by atomic mass is 9.68. The van der Waals surface area contributed by atoms with Gasteiger partial charge < -0.3 is 10.1 Å². The molecule has 0 spiro atoms. The molecule has 3 rings (SSSR count). The van der Waals surface area contributed by atoms with Gasteiger partial charge in [0.1, 0.15) is 0 Å². The van der Waals surface area contributed by atoms with E-state index in [-0.39, 0.29) is 17.8 Å². The van der Waals surface area contributed by atoms with Crippen molar-refractivity contribution in [2.24, 2.45) is 5.41 Å². The van der Waals surface area contributed by atoms with Gasteiger partial charge in [0.05, 0.1) is 12.2 Å². The normalized spacial score (nSPS) is 22.0. The Balaban J connectivity index is 2.21. The van der Waals surface area contributed by atoms with E-state index in [1.165, 1.54) is 0 Å². The SMILES string of the molecule is CCOC(=O)C1=C(C)NC2=C(C(=O)CC(C)(C)C2)[C@@H]1c1ccccc1Cl. The average molecular weight is 374 g/mol. The minimum absolute atomic E-state index is 0.0583. The standard InChI is InChI=1S/C21H24ClNO3/c1-5-26-20(25)17-12(2)23-15-10-21(3,4)11-16(24)19(15)18(17)13-8-6-7-9-14(13)22/h6-9,18,23H,5,10-11H2,1-4H3/t18-/m1/s1. The summed E-state index contributed by atoms with van der Waals surface area (Å²) in [7, 11) is 0. The van der Waals surface area contributed by atoms with Crippen LogP contribution in [0.25, 0.3) is 0 Å². The molecular formula is C21H24ClNO3. The number of halogens is 1. The number of dihydropyridines is 1. The number of hydrogen-bond acceptors (Lipinski definition) is 4. The molecule has 0 unspecified atom stereocenters. The molecular weight excluding hydrogens is 350 g/mol. The zero-order chi connectivity index (χ0) is 19.1. The second kappa shape index (κ2) is 6.92. The first kappa shape index (κ1) is 18.7. The molecule has 1 aliphatic carbocycles. The Morgan fingerprint density at radius 2 is 2.00 bits per heavy atom. The Bertz CT molecular complexity index is 835. The molecule has 0 saturated carbocycles. The van der Waals surface area contributed by atoms with E-state index in [1.54, 1.807) is 13.0 Å². The van der Waals surface area contributed by atoms with E-state index in [0.29, 0.717) is 22.6 Å². The van der Waals surface area contributed by atoms with Crippen molar-refractivity contribution in [3.63, 3.8) is 0 Å². The summed E-state index contributed by atoms with van der Waals surface area (Å²) in [5.41, 5.74) is 3.37. The number of ether oxygens (including phenoxy) is 1. The van der Waals surface area contributed by atoms with Gasteiger partial charge >= 0.3 is 5.97 Å². The molecule has 0 fully saturated rings. The number of Topliss-reactive ketones (excluding diaryl/α,β-unsaturated/α-hetero) is 1. The molecule has 138 valence electrons. The summed E-state index contributed by atoms with van der Waals surface area (Å²) in [6.45, 7) is 8.07. The van der Waals surface area contributed by atoms with Crippen molar-refractivity contribution in [1.29, 1.82) is 0 Å². The van der Waals surface area contributed by atoms with Crippen LogP contribution in [0.5, 0.6) is 0 Å². The molecule has 0 saturated heterocycles. The largest absolute Gasteiger partial charge is 0.463 e. The van der Waals surface area contributed by atoms with Crippen molar-refractivity contribution in [1.82, 2.24) is 5.32 Å². The predicted octanol–water partition coefficient (Wildman–Crippen LogP) is 4.51. The summed E-state index contributed by atoms with van der Waals surface area (Å²) >= 11 is 6.46. The fourth-order valence-corrected chi connectivity index (χ4v) is 4.18. The number of ketones is 1. The maximum Gasteiger partial charge on any atom is 0.336 e. The monoisotopic (exact) mass is 373 g/mol. The van der Waals surface area contributed by atoms with Crippen LogP contribution < -0.4 is 5.32 Å². The van der Waals surface area contributed by atoms with E-state index in [1.807, 2.05) is 25.1 Å². The van der Waals surface area contributed by atoms with Crippen molar-refractivity contribution < 1.29 is 14.3 Å². The summed E-state index contributed by atoms with van der Waals surface area (Å²) < 4.78 is 5.29. The minimum atomic E-state index is -0.498. The first-order valence-corrected chi connectivity index (χ1v) is 9.28. The number of esters is 1. The molecule has 1 atom stereocenters. The quantitative estimate of drug-likeness (QED) is 0.792. The molecule has 1 aromatic rings. The number of rotatable bonds is 3. The second-order valence-electron chi connectivity index (χ2n) is 7.67. The van der Waals surface area contributed by atoms with Gasteiger partial charge in [0, 0.05) is 34.3 Å². The van der Waals surface area contributed by atoms with Gasteiger partial charge in [0.25, 0.3) is 0 Å². The van der Waals surface area contributed by atoms with Gasteiger partial charge in [0.15, 0.2) is 5.78 Å². The highest BCUT2D eigenvalue weighted by Gasteiger charge is 2.43. The maximum absolute atomic E-state index is 13.1. The van der Waals surface area contributed by atoms with E-state index in [9.17, 15) is 9.59 Å². The molecule has 26 heavy (non-hydrogen) atoms. The summed E-state index contributed by atoms with van der Waals surface area (Å²) in [5.74, 6) is -0.850. The van der Waals surface area contributed by atoms with Crippen LogP contribution in [0.1, 0.15) is 52.0 Å². The molecule has 5 heteroatoms. The molecule has 1 aromatic carbocycles. The third-order valence-electron chi connectivity index (χ3n) is 4.95. The molecule has 0 radical (unpaired) electrons. The van der Waals surface area contributed by atoms with E-state index in [4.69, 9.17) is 16.3 Å². The van der Waals surface area contributed by atoms with Crippen LogP contribution in [0.3, 0.4) is 0 Å². The summed E-state index contributed by atoms with van der Waals surface area (Å²) in [6, 6.07) is 7.38. The van der Waals surface area contributed by atoms with Gasteiger partial charge in [0.2, 0.25) is 0 Å². The van der Waals surface area contributed by atoms with Gasteiger partial charge in [-0.25, -0.2) is 4.79 Å². The van der Waals surface area contributed by atoms with Gasteiger partial charge in [-0.1, -0.05) is 43.6 Å². The number of benzene rings is 1. The van der Waals surface area contributed by atoms with Gasteiger partial charge in [-0.05, 0) is 37.3 Å². The zero-order valence-electron chi connectivity index (χ0n) is 15.6. The van der Waals surface area contributed by atoms with Crippen molar-refractivity contribution in [2.45, 2.75) is 46.5 Å². The second-order valence-corrected chi connectivity index (χ2v) is 8.08. The average Bonchev–Trinajstić information content (AvgIpc) is 2.53. The van der Waals surface area contributed by atoms with Crippen molar-refractivity contribution in [2.75, 3.05) is 6.61 Å². The van der Waals surface area contributed by atoms with Crippen molar-refractivity contribution >= 4 is 23.4 Å². The number of hydrogen-bond donors (Lipinski definition) is 1. The Morgan fingerprint density at radius 1 is 1.31 bits per heavy atom. The van der Waals surface area contributed by atoms with E-state index in [2.05, 4.69) is 19.2 Å². The lowest BCUT2D eigenvalue weighted by Gasteiger charge is -2.39. The predicted molar refractivity (Wildman–Crippen MR) is 102 cm³/mol. The van der Waals surface area contributed by atoms with E-state index in [0.717, 1.165) is 23.4 Å². The van der Waals surface area contributed by atoms with Crippen molar-refractivity contribution in [3.05, 3.63) is 57.4 Å². The third kappa shape index (κ3) is 3.30. The molecule has 2 aliphatic rings. The van der Waals surface area contributed by atoms with Gasteiger partial charge in [-0.3, -0.25) is 4.79 Å². The highest BCUT2D eigenvalue weighted by atomic mass is 35.5. The molecule has 0 amide bonds. The van der Waals surface area contributed by atoms with Gasteiger partial charge in [-0.15, -0.1) is 0 Å². The molecule has 1 N–H and O–H groups in total. The Labute approximate surface area is 159 Å². The van der Waals surface area contributed by atoms with Crippen molar-refractivity contribution in [3.8, 4) is 0 Å². The van der Waals surface area contributed by atoms with E-state index >= 15 is 0 Å². The zero-order valence-corrected chi connectivity index (χ0v) is 16.4. The Hall–Kier alpha value is -2.07. The number of carbonyl (C=O) groups is 2. The highest BCUT2D eigenvalue weighted by Crippen LogP contribution is 2.47. The summed E-state index contributed by atoms with van der Waals surface area (Å²) in [5, 5.41) is 3.85. The minimum Gasteiger partial charge on any atom is -0.463 e. The highest BCUT2D eigenvalue weighted by molar-refractivity contribution is 6.31. The lowest BCUT2D eigenvalue weighted by Crippen LogP contribution is -2.38. The summed E-state index contributed by atoms with van der Waals surface area (Å²) in [4.78, 5) is 25.8. The van der Waals surface area contributed by atoms with Crippen LogP contribution in [0, 0.1) is 5.41 Å². The van der Waals surface area contributed by atoms with Crippen LogP contribution >= 0.6 is 11.6 Å². The third-order valence-corrected chi connectivity index (χ3v) is 5.30. The molecule has 1 aliphatic heterocycles. The number of carbonyl (C=O) groups excluding carboxylic acids is 2. The van der Waals surface area contributed by atoms with Crippen LogP contribution in [0.4, 0.5) is 0 Å². The molecule has 0 bridgehead atoms.